The molecule has 1 aromatic heterocycles. The fourth-order valence-corrected chi connectivity index (χ4v) is 3.89. The van der Waals surface area contributed by atoms with E-state index < -0.39 is 0 Å². The molecular weight excluding hydrogens is 342 g/mol. The number of nitrogen functional groups attached to an aromatic ring is 2. The molecule has 0 aliphatic heterocycles. The second-order valence-electron chi connectivity index (χ2n) is 7.11. The standard InChI is InChI=1S/C25H23N3/c1-2-3-4-8-15-28-24-17-20(27)12-14-22(24)21-13-11-19(26)16-23(21)25(28)18-9-6-5-7-10-18/h1,5-7,9-14,16-17,27H,3-4,8,15,26H2/p+1. The Balaban J connectivity index is 2.07. The van der Waals surface area contributed by atoms with Crippen molar-refractivity contribution in [3.05, 3.63) is 66.7 Å². The molecule has 0 aliphatic carbocycles. The van der Waals surface area contributed by atoms with Crippen molar-refractivity contribution in [2.45, 2.75) is 25.8 Å². The molecule has 0 bridgehead atoms. The van der Waals surface area contributed by atoms with Crippen LogP contribution in [0.5, 0.6) is 0 Å². The molecule has 0 saturated carbocycles. The number of terminal acetylenes is 1. The third-order valence-electron chi connectivity index (χ3n) is 5.17. The molecule has 0 fully saturated rings. The molecule has 4 N–H and O–H groups in total. The summed E-state index contributed by atoms with van der Waals surface area (Å²) < 4.78 is 2.37. The summed E-state index contributed by atoms with van der Waals surface area (Å²) in [6.45, 7) is 0.872. The monoisotopic (exact) mass is 366 g/mol. The van der Waals surface area contributed by atoms with Crippen LogP contribution in [-0.2, 0) is 6.54 Å². The minimum Gasteiger partial charge on any atom is -0.399 e. The van der Waals surface area contributed by atoms with E-state index in [1.54, 1.807) is 0 Å². The number of aromatic nitrogens is 1. The summed E-state index contributed by atoms with van der Waals surface area (Å²) in [5.41, 5.74) is 17.3. The Labute approximate surface area is 165 Å². The van der Waals surface area contributed by atoms with Crippen molar-refractivity contribution in [3.8, 4) is 23.6 Å². The van der Waals surface area contributed by atoms with Gasteiger partial charge in [-0.15, -0.1) is 12.3 Å². The summed E-state index contributed by atoms with van der Waals surface area (Å²) in [5.74, 6) is 2.74. The lowest BCUT2D eigenvalue weighted by Gasteiger charge is -2.13. The number of hydrogen-bond donors (Lipinski definition) is 2. The summed E-state index contributed by atoms with van der Waals surface area (Å²) in [5, 5.41) is 3.52. The van der Waals surface area contributed by atoms with Gasteiger partial charge in [-0.25, -0.2) is 0 Å². The lowest BCUT2D eigenvalue weighted by atomic mass is 9.98. The predicted octanol–water partition coefficient (Wildman–Crippen LogP) is 4.92. The molecule has 0 radical (unpaired) electrons. The van der Waals surface area contributed by atoms with Crippen LogP contribution in [-0.4, -0.2) is 0 Å². The predicted molar refractivity (Wildman–Crippen MR) is 119 cm³/mol. The van der Waals surface area contributed by atoms with Gasteiger partial charge in [0.2, 0.25) is 11.2 Å². The molecule has 0 unspecified atom stereocenters. The van der Waals surface area contributed by atoms with Crippen LogP contribution in [0.4, 0.5) is 11.4 Å². The van der Waals surface area contributed by atoms with Crippen LogP contribution in [0.15, 0.2) is 66.7 Å². The second-order valence-corrected chi connectivity index (χ2v) is 7.11. The maximum atomic E-state index is 6.18. The summed E-state index contributed by atoms with van der Waals surface area (Å²) in [4.78, 5) is 0. The Hall–Kier alpha value is -3.51. The van der Waals surface area contributed by atoms with E-state index >= 15 is 0 Å². The number of unbranched alkanes of at least 4 members (excludes halogenated alkanes) is 2. The van der Waals surface area contributed by atoms with Gasteiger partial charge < -0.3 is 11.5 Å². The van der Waals surface area contributed by atoms with Gasteiger partial charge >= 0.3 is 0 Å². The number of pyridine rings is 1. The van der Waals surface area contributed by atoms with Gasteiger partial charge in [0.05, 0.1) is 10.8 Å². The average Bonchev–Trinajstić information content (AvgIpc) is 2.71. The van der Waals surface area contributed by atoms with Crippen molar-refractivity contribution in [1.29, 1.82) is 0 Å². The van der Waals surface area contributed by atoms with E-state index in [2.05, 4.69) is 59.0 Å². The third-order valence-corrected chi connectivity index (χ3v) is 5.17. The number of aryl methyl sites for hydroxylation is 1. The SMILES string of the molecule is C#CCCCC[n+]1c(-c2ccccc2)c2cc(N)ccc2c2ccc(N)cc21. The van der Waals surface area contributed by atoms with Gasteiger partial charge in [-0.1, -0.05) is 24.3 Å². The molecule has 3 nitrogen and oxygen atoms in total. The first-order valence-electron chi connectivity index (χ1n) is 9.62. The Kier molecular flexibility index (Phi) is 4.87. The fourth-order valence-electron chi connectivity index (χ4n) is 3.89. The molecule has 0 amide bonds. The van der Waals surface area contributed by atoms with Crippen molar-refractivity contribution in [2.75, 3.05) is 11.5 Å². The zero-order valence-corrected chi connectivity index (χ0v) is 15.9. The first-order chi connectivity index (χ1) is 13.7. The van der Waals surface area contributed by atoms with Gasteiger partial charge in [-0.05, 0) is 42.8 Å². The van der Waals surface area contributed by atoms with Crippen molar-refractivity contribution < 1.29 is 4.57 Å². The summed E-state index contributed by atoms with van der Waals surface area (Å²) in [6, 6.07) is 22.8. The van der Waals surface area contributed by atoms with Gasteiger partial charge in [0.15, 0.2) is 0 Å². The zero-order chi connectivity index (χ0) is 19.5. The van der Waals surface area contributed by atoms with E-state index in [9.17, 15) is 0 Å². The van der Waals surface area contributed by atoms with Crippen molar-refractivity contribution in [1.82, 2.24) is 0 Å². The third kappa shape index (κ3) is 3.25. The number of rotatable bonds is 5. The molecular formula is C25H24N3+. The normalized spacial score (nSPS) is 11.0. The average molecular weight is 366 g/mol. The van der Waals surface area contributed by atoms with Crippen LogP contribution in [0, 0.1) is 12.3 Å². The van der Waals surface area contributed by atoms with Crippen molar-refractivity contribution in [3.63, 3.8) is 0 Å². The molecule has 1 heterocycles. The van der Waals surface area contributed by atoms with Gasteiger partial charge in [0.25, 0.3) is 0 Å². The van der Waals surface area contributed by atoms with Crippen LogP contribution in [0.3, 0.4) is 0 Å². The minimum atomic E-state index is 0.762. The Morgan fingerprint density at radius 2 is 1.50 bits per heavy atom. The summed E-state index contributed by atoms with van der Waals surface area (Å²) >= 11 is 0. The molecule has 0 spiro atoms. The number of hydrogen-bond acceptors (Lipinski definition) is 2. The van der Waals surface area contributed by atoms with E-state index in [0.29, 0.717) is 0 Å². The highest BCUT2D eigenvalue weighted by Gasteiger charge is 2.23. The Morgan fingerprint density at radius 3 is 2.25 bits per heavy atom. The summed E-state index contributed by atoms with van der Waals surface area (Å²) in [7, 11) is 0. The first kappa shape index (κ1) is 17.9. The fraction of sp³-hybridized carbons (Fsp3) is 0.160. The minimum absolute atomic E-state index is 0.762. The maximum absolute atomic E-state index is 6.18. The van der Waals surface area contributed by atoms with Crippen LogP contribution in [0.2, 0.25) is 0 Å². The van der Waals surface area contributed by atoms with Gasteiger partial charge in [-0.3, -0.25) is 0 Å². The number of anilines is 2. The molecule has 138 valence electrons. The Morgan fingerprint density at radius 1 is 0.786 bits per heavy atom. The lowest BCUT2D eigenvalue weighted by Crippen LogP contribution is -2.37. The smallest absolute Gasteiger partial charge is 0.220 e. The van der Waals surface area contributed by atoms with E-state index in [1.807, 2.05) is 18.2 Å². The highest BCUT2D eigenvalue weighted by atomic mass is 15.0. The molecule has 0 aliphatic rings. The van der Waals surface area contributed by atoms with Crippen molar-refractivity contribution >= 4 is 33.1 Å². The van der Waals surface area contributed by atoms with Gasteiger partial charge in [-0.2, -0.15) is 4.57 Å². The lowest BCUT2D eigenvalue weighted by molar-refractivity contribution is -0.659. The molecule has 0 atom stereocenters. The highest BCUT2D eigenvalue weighted by Crippen LogP contribution is 2.33. The highest BCUT2D eigenvalue weighted by molar-refractivity contribution is 6.10. The topological polar surface area (TPSA) is 55.9 Å². The molecule has 4 aromatic rings. The van der Waals surface area contributed by atoms with Crippen LogP contribution in [0.1, 0.15) is 19.3 Å². The van der Waals surface area contributed by atoms with E-state index in [1.165, 1.54) is 22.0 Å². The van der Waals surface area contributed by atoms with Gasteiger partial charge in [0.1, 0.15) is 6.54 Å². The van der Waals surface area contributed by atoms with E-state index in [4.69, 9.17) is 17.9 Å². The van der Waals surface area contributed by atoms with E-state index in [0.717, 1.165) is 48.1 Å². The van der Waals surface area contributed by atoms with Gasteiger partial charge in [0, 0.05) is 41.2 Å². The maximum Gasteiger partial charge on any atom is 0.220 e. The molecule has 4 rings (SSSR count). The molecule has 28 heavy (non-hydrogen) atoms. The number of nitrogens with zero attached hydrogens (tertiary/aromatic N) is 1. The molecule has 3 aromatic carbocycles. The van der Waals surface area contributed by atoms with Crippen molar-refractivity contribution in [2.24, 2.45) is 0 Å². The quantitative estimate of drug-likeness (QED) is 0.173. The van der Waals surface area contributed by atoms with E-state index in [-0.39, 0.29) is 0 Å². The Bertz CT molecular complexity index is 1190. The van der Waals surface area contributed by atoms with Crippen LogP contribution in [0.25, 0.3) is 32.9 Å². The first-order valence-corrected chi connectivity index (χ1v) is 9.62. The number of nitrogens with two attached hydrogens (primary N) is 2. The van der Waals surface area contributed by atoms with Crippen LogP contribution < -0.4 is 16.0 Å². The van der Waals surface area contributed by atoms with Crippen LogP contribution >= 0.6 is 0 Å². The second kappa shape index (κ2) is 7.62. The zero-order valence-electron chi connectivity index (χ0n) is 15.9. The number of benzene rings is 3. The largest absolute Gasteiger partial charge is 0.399 e. The summed E-state index contributed by atoms with van der Waals surface area (Å²) in [6.07, 6.45) is 8.24. The molecule has 0 saturated heterocycles. The molecule has 3 heteroatoms. The number of fused-ring (bicyclic) bond motifs is 3.